The molecule has 0 aliphatic heterocycles. The third-order valence-electron chi connectivity index (χ3n) is 3.90. The van der Waals surface area contributed by atoms with Gasteiger partial charge in [0.25, 0.3) is 5.91 Å². The van der Waals surface area contributed by atoms with Gasteiger partial charge in [-0.15, -0.1) is 0 Å². The Morgan fingerprint density at radius 2 is 1.54 bits per heavy atom. The van der Waals surface area contributed by atoms with Crippen LogP contribution in [0.2, 0.25) is 0 Å². The molecule has 0 heterocycles. The van der Waals surface area contributed by atoms with Gasteiger partial charge >= 0.3 is 0 Å². The Balaban J connectivity index is 2.96. The Bertz CT molecular complexity index is 710. The molecule has 0 atom stereocenters. The van der Waals surface area contributed by atoms with Crippen LogP contribution < -0.4 is 5.32 Å². The monoisotopic (exact) mass is 383 g/mol. The predicted molar refractivity (Wildman–Crippen MR) is 101 cm³/mol. The van der Waals surface area contributed by atoms with Gasteiger partial charge in [-0.05, 0) is 45.0 Å². The van der Waals surface area contributed by atoms with Gasteiger partial charge in [0, 0.05) is 31.2 Å². The summed E-state index contributed by atoms with van der Waals surface area (Å²) in [5, 5.41) is 2.75. The minimum absolute atomic E-state index is 0.000810. The summed E-state index contributed by atoms with van der Waals surface area (Å²) in [4.78, 5) is 26.1. The van der Waals surface area contributed by atoms with Crippen LogP contribution in [0.1, 0.15) is 45.0 Å². The Kier molecular flexibility index (Phi) is 8.23. The summed E-state index contributed by atoms with van der Waals surface area (Å²) in [6, 6.07) is 5.84. The van der Waals surface area contributed by atoms with E-state index in [9.17, 15) is 18.0 Å². The molecule has 1 rings (SSSR count). The van der Waals surface area contributed by atoms with Crippen LogP contribution in [-0.2, 0) is 14.8 Å². The third kappa shape index (κ3) is 5.54. The highest BCUT2D eigenvalue weighted by atomic mass is 32.2. The molecule has 1 aromatic carbocycles. The van der Waals surface area contributed by atoms with Crippen LogP contribution >= 0.6 is 0 Å². The van der Waals surface area contributed by atoms with Gasteiger partial charge in [0.1, 0.15) is 0 Å². The van der Waals surface area contributed by atoms with Crippen molar-refractivity contribution in [1.29, 1.82) is 0 Å². The lowest BCUT2D eigenvalue weighted by molar-refractivity contribution is -0.122. The Hall–Kier alpha value is -1.93. The average molecular weight is 384 g/mol. The van der Waals surface area contributed by atoms with E-state index in [1.165, 1.54) is 33.5 Å². The molecule has 0 bridgehead atoms. The van der Waals surface area contributed by atoms with Crippen molar-refractivity contribution in [2.24, 2.45) is 0 Å². The molecule has 0 aromatic heterocycles. The normalized spacial score (nSPS) is 11.7. The molecule has 0 unspecified atom stereocenters. The van der Waals surface area contributed by atoms with Gasteiger partial charge < -0.3 is 10.2 Å². The smallest absolute Gasteiger partial charge is 0.254 e. The van der Waals surface area contributed by atoms with Crippen molar-refractivity contribution in [3.63, 3.8) is 0 Å². The number of rotatable bonds is 9. The second-order valence-electron chi connectivity index (χ2n) is 6.16. The van der Waals surface area contributed by atoms with Gasteiger partial charge in [-0.1, -0.05) is 13.8 Å². The zero-order chi connectivity index (χ0) is 19.9. The van der Waals surface area contributed by atoms with Gasteiger partial charge in [0.05, 0.1) is 11.4 Å². The first-order valence-electron chi connectivity index (χ1n) is 8.86. The summed E-state index contributed by atoms with van der Waals surface area (Å²) < 4.78 is 26.3. The predicted octanol–water partition coefficient (Wildman–Crippen LogP) is 1.70. The fraction of sp³-hybridized carbons (Fsp3) is 0.556. The first-order chi connectivity index (χ1) is 12.2. The van der Waals surface area contributed by atoms with Crippen LogP contribution in [0.3, 0.4) is 0 Å². The zero-order valence-electron chi connectivity index (χ0n) is 16.2. The van der Waals surface area contributed by atoms with Gasteiger partial charge in [0.2, 0.25) is 15.9 Å². The number of amides is 2. The minimum Gasteiger partial charge on any atom is -0.352 e. The number of benzene rings is 1. The van der Waals surface area contributed by atoms with Crippen molar-refractivity contribution >= 4 is 21.8 Å². The molecule has 1 N–H and O–H groups in total. The fourth-order valence-electron chi connectivity index (χ4n) is 2.53. The molecule has 8 heteroatoms. The molecule has 2 amide bonds. The molecule has 7 nitrogen and oxygen atoms in total. The molecule has 0 aliphatic rings. The number of hydrogen-bond acceptors (Lipinski definition) is 4. The van der Waals surface area contributed by atoms with E-state index in [1.807, 2.05) is 13.8 Å². The van der Waals surface area contributed by atoms with Crippen molar-refractivity contribution in [3.05, 3.63) is 29.8 Å². The van der Waals surface area contributed by atoms with E-state index in [-0.39, 0.29) is 29.3 Å². The van der Waals surface area contributed by atoms with Crippen molar-refractivity contribution in [3.8, 4) is 0 Å². The maximum atomic E-state index is 12.6. The van der Waals surface area contributed by atoms with E-state index >= 15 is 0 Å². The van der Waals surface area contributed by atoms with Crippen molar-refractivity contribution < 1.29 is 18.0 Å². The molecule has 0 saturated carbocycles. The van der Waals surface area contributed by atoms with Gasteiger partial charge in [-0.3, -0.25) is 9.59 Å². The van der Waals surface area contributed by atoms with Gasteiger partial charge in [-0.2, -0.15) is 4.31 Å². The number of sulfonamides is 1. The van der Waals surface area contributed by atoms with E-state index in [4.69, 9.17) is 0 Å². The first-order valence-corrected chi connectivity index (χ1v) is 10.3. The molecule has 0 radical (unpaired) electrons. The highest BCUT2D eigenvalue weighted by Gasteiger charge is 2.23. The van der Waals surface area contributed by atoms with E-state index in [1.54, 1.807) is 20.8 Å². The first kappa shape index (κ1) is 22.1. The minimum atomic E-state index is -3.56. The number of nitrogens with one attached hydrogen (secondary N) is 1. The summed E-state index contributed by atoms with van der Waals surface area (Å²) in [7, 11) is -3.56. The lowest BCUT2D eigenvalue weighted by Crippen LogP contribution is -2.42. The SMILES string of the molecule is CCN(CC(=O)NC(C)C)C(=O)c1ccc(S(=O)(=O)N(CC)CC)cc1. The van der Waals surface area contributed by atoms with Crippen LogP contribution in [0, 0.1) is 0 Å². The summed E-state index contributed by atoms with van der Waals surface area (Å²) >= 11 is 0. The Morgan fingerprint density at radius 3 is 1.96 bits per heavy atom. The standard InChI is InChI=1S/C18H29N3O4S/c1-6-20(13-17(22)19-14(4)5)18(23)15-9-11-16(12-10-15)26(24,25)21(7-2)8-3/h9-12,14H,6-8,13H2,1-5H3,(H,19,22). The largest absolute Gasteiger partial charge is 0.352 e. The number of likely N-dealkylation sites (N-methyl/N-ethyl adjacent to an activating group) is 1. The summed E-state index contributed by atoms with van der Waals surface area (Å²) in [5.41, 5.74) is 0.350. The van der Waals surface area contributed by atoms with Crippen molar-refractivity contribution in [2.45, 2.75) is 45.6 Å². The molecular weight excluding hydrogens is 354 g/mol. The molecular formula is C18H29N3O4S. The van der Waals surface area contributed by atoms with Crippen LogP contribution in [0.25, 0.3) is 0 Å². The Labute approximate surface area is 156 Å². The molecule has 0 spiro atoms. The van der Waals surface area contributed by atoms with Gasteiger partial charge in [0.15, 0.2) is 0 Å². The maximum Gasteiger partial charge on any atom is 0.254 e. The summed E-state index contributed by atoms with van der Waals surface area (Å²) in [5.74, 6) is -0.533. The number of carbonyl (C=O) groups excluding carboxylic acids is 2. The summed E-state index contributed by atoms with van der Waals surface area (Å²) in [6.07, 6.45) is 0. The van der Waals surface area contributed by atoms with Crippen LogP contribution in [0.5, 0.6) is 0 Å². The topological polar surface area (TPSA) is 86.8 Å². The average Bonchev–Trinajstić information content (AvgIpc) is 2.59. The van der Waals surface area contributed by atoms with Crippen LogP contribution in [0.15, 0.2) is 29.2 Å². The van der Waals surface area contributed by atoms with Gasteiger partial charge in [-0.25, -0.2) is 8.42 Å². The molecule has 26 heavy (non-hydrogen) atoms. The fourth-order valence-corrected chi connectivity index (χ4v) is 3.99. The van der Waals surface area contributed by atoms with E-state index < -0.39 is 10.0 Å². The quantitative estimate of drug-likeness (QED) is 0.703. The second-order valence-corrected chi connectivity index (χ2v) is 8.09. The van der Waals surface area contributed by atoms with E-state index in [2.05, 4.69) is 5.32 Å². The lowest BCUT2D eigenvalue weighted by atomic mass is 10.2. The summed E-state index contributed by atoms with van der Waals surface area (Å²) in [6.45, 7) is 10.2. The highest BCUT2D eigenvalue weighted by Crippen LogP contribution is 2.17. The number of hydrogen-bond donors (Lipinski definition) is 1. The maximum absolute atomic E-state index is 12.6. The molecule has 0 aliphatic carbocycles. The lowest BCUT2D eigenvalue weighted by Gasteiger charge is -2.22. The van der Waals surface area contributed by atoms with Crippen LogP contribution in [-0.4, -0.2) is 61.7 Å². The Morgan fingerprint density at radius 1 is 1.00 bits per heavy atom. The van der Waals surface area contributed by atoms with Crippen molar-refractivity contribution in [1.82, 2.24) is 14.5 Å². The number of carbonyl (C=O) groups is 2. The van der Waals surface area contributed by atoms with Crippen LogP contribution in [0.4, 0.5) is 0 Å². The van der Waals surface area contributed by atoms with Crippen molar-refractivity contribution in [2.75, 3.05) is 26.2 Å². The zero-order valence-corrected chi connectivity index (χ0v) is 17.0. The number of nitrogens with zero attached hydrogens (tertiary/aromatic N) is 2. The van der Waals surface area contributed by atoms with E-state index in [0.717, 1.165) is 0 Å². The second kappa shape index (κ2) is 9.68. The van der Waals surface area contributed by atoms with E-state index in [0.29, 0.717) is 25.2 Å². The highest BCUT2D eigenvalue weighted by molar-refractivity contribution is 7.89. The molecule has 0 fully saturated rings. The molecule has 146 valence electrons. The molecule has 1 aromatic rings. The third-order valence-corrected chi connectivity index (χ3v) is 5.96. The molecule has 0 saturated heterocycles.